The lowest BCUT2D eigenvalue weighted by Gasteiger charge is -2.16. The van der Waals surface area contributed by atoms with Gasteiger partial charge in [0.15, 0.2) is 11.6 Å². The lowest BCUT2D eigenvalue weighted by Crippen LogP contribution is -2.32. The van der Waals surface area contributed by atoms with Crippen molar-refractivity contribution in [1.82, 2.24) is 0 Å². The van der Waals surface area contributed by atoms with Crippen molar-refractivity contribution in [2.75, 3.05) is 13.2 Å². The largest absolute Gasteiger partial charge is 0.376 e. The van der Waals surface area contributed by atoms with Gasteiger partial charge in [-0.3, -0.25) is 9.59 Å². The summed E-state index contributed by atoms with van der Waals surface area (Å²) in [6, 6.07) is 3.97. The number of fused-ring (bicyclic) bond motifs is 8. The summed E-state index contributed by atoms with van der Waals surface area (Å²) in [5.41, 5.74) is 3.27. The topological polar surface area (TPSA) is 68.4 Å². The van der Waals surface area contributed by atoms with E-state index in [9.17, 15) is 9.59 Å². The molecule has 3 saturated heterocycles. The van der Waals surface area contributed by atoms with E-state index >= 15 is 0 Å². The van der Waals surface area contributed by atoms with Crippen molar-refractivity contribution in [3.63, 3.8) is 0 Å². The van der Waals surface area contributed by atoms with E-state index in [2.05, 4.69) is 0 Å². The summed E-state index contributed by atoms with van der Waals surface area (Å²) in [5, 5.41) is 1.78. The smallest absolute Gasteiger partial charge is 0.191 e. The minimum atomic E-state index is -0.221. The van der Waals surface area contributed by atoms with E-state index in [1.165, 1.54) is 0 Å². The highest BCUT2D eigenvalue weighted by Crippen LogP contribution is 2.40. The minimum Gasteiger partial charge on any atom is -0.376 e. The monoisotopic (exact) mass is 334 g/mol. The van der Waals surface area contributed by atoms with E-state index in [1.54, 1.807) is 18.2 Å². The number of rotatable bonds is 0. The molecule has 1 aromatic rings. The van der Waals surface area contributed by atoms with Crippen molar-refractivity contribution < 1.29 is 23.8 Å². The quantitative estimate of drug-likeness (QED) is 0.612. The van der Waals surface area contributed by atoms with Crippen molar-refractivity contribution >= 4 is 35.4 Å². The second-order valence-electron chi connectivity index (χ2n) is 7.02. The number of benzene rings is 1. The normalized spacial score (nSPS) is 34.1. The zero-order valence-corrected chi connectivity index (χ0v) is 13.2. The van der Waals surface area contributed by atoms with Crippen LogP contribution in [0.2, 0.25) is 0 Å². The van der Waals surface area contributed by atoms with Gasteiger partial charge in [0.1, 0.15) is 24.4 Å². The number of allylic oxidation sites excluding steroid dienone is 1. The molecule has 3 fully saturated rings. The van der Waals surface area contributed by atoms with E-state index in [1.807, 2.05) is 18.2 Å². The lowest BCUT2D eigenvalue weighted by atomic mass is 9.85. The van der Waals surface area contributed by atoms with Crippen LogP contribution in [0.15, 0.2) is 23.8 Å². The van der Waals surface area contributed by atoms with Gasteiger partial charge >= 0.3 is 0 Å². The summed E-state index contributed by atoms with van der Waals surface area (Å²) in [5.74, 6) is 0.00432. The SMILES string of the molecule is O=C1C=Cc2cc3c(cc2=C1)C=C1C(=O)C=3C2OC2COCC2OC12. The average Bonchev–Trinajstić information content (AvgIpc) is 3.49. The van der Waals surface area contributed by atoms with Crippen LogP contribution in [0.25, 0.3) is 23.8 Å². The van der Waals surface area contributed by atoms with Gasteiger partial charge in [0, 0.05) is 11.1 Å². The number of Topliss-reactive ketones (excluding diaryl/α,β-unsaturated/α-hetero) is 1. The van der Waals surface area contributed by atoms with E-state index in [0.29, 0.717) is 24.4 Å². The van der Waals surface area contributed by atoms with Crippen molar-refractivity contribution in [2.45, 2.75) is 24.4 Å². The molecule has 2 bridgehead atoms. The summed E-state index contributed by atoms with van der Waals surface area (Å²) in [6.07, 6.45) is 6.34. The molecular weight excluding hydrogens is 320 g/mol. The predicted octanol–water partition coefficient (Wildman–Crippen LogP) is -0.255. The van der Waals surface area contributed by atoms with Crippen LogP contribution in [-0.4, -0.2) is 49.2 Å². The van der Waals surface area contributed by atoms with Crippen molar-refractivity contribution in [3.8, 4) is 0 Å². The minimum absolute atomic E-state index is 0.0181. The molecule has 3 heterocycles. The molecule has 25 heavy (non-hydrogen) atoms. The van der Waals surface area contributed by atoms with Gasteiger partial charge in [0.2, 0.25) is 0 Å². The Balaban J connectivity index is 1.63. The second-order valence-corrected chi connectivity index (χ2v) is 7.02. The Kier molecular flexibility index (Phi) is 2.58. The molecule has 124 valence electrons. The summed E-state index contributed by atoms with van der Waals surface area (Å²) < 4.78 is 17.1. The Labute approximate surface area is 142 Å². The van der Waals surface area contributed by atoms with Gasteiger partial charge in [-0.05, 0) is 51.9 Å². The molecule has 0 spiro atoms. The molecule has 0 saturated carbocycles. The van der Waals surface area contributed by atoms with Gasteiger partial charge < -0.3 is 14.2 Å². The zero-order valence-electron chi connectivity index (χ0n) is 13.2. The third-order valence-corrected chi connectivity index (χ3v) is 5.41. The Morgan fingerprint density at radius 3 is 2.56 bits per heavy atom. The average molecular weight is 334 g/mol. The maximum atomic E-state index is 13.1. The number of hydrogen-bond acceptors (Lipinski definition) is 5. The number of carbonyl (C=O) groups excluding carboxylic acids is 2. The van der Waals surface area contributed by atoms with Crippen molar-refractivity contribution in [3.05, 3.63) is 45.3 Å². The first-order valence-electron chi connectivity index (χ1n) is 8.46. The summed E-state index contributed by atoms with van der Waals surface area (Å²) in [6.45, 7) is 0.969. The first-order chi connectivity index (χ1) is 12.2. The van der Waals surface area contributed by atoms with Gasteiger partial charge in [-0.15, -0.1) is 0 Å². The summed E-state index contributed by atoms with van der Waals surface area (Å²) in [4.78, 5) is 24.8. The summed E-state index contributed by atoms with van der Waals surface area (Å²) >= 11 is 0. The van der Waals surface area contributed by atoms with Crippen LogP contribution in [0.3, 0.4) is 0 Å². The molecule has 0 aromatic heterocycles. The van der Waals surface area contributed by atoms with Crippen LogP contribution in [0.5, 0.6) is 0 Å². The fourth-order valence-electron chi connectivity index (χ4n) is 4.02. The van der Waals surface area contributed by atoms with Crippen LogP contribution < -0.4 is 10.4 Å². The highest BCUT2D eigenvalue weighted by atomic mass is 16.6. The second kappa shape index (κ2) is 4.64. The van der Waals surface area contributed by atoms with Gasteiger partial charge in [-0.25, -0.2) is 0 Å². The van der Waals surface area contributed by atoms with Crippen LogP contribution in [0, 0.1) is 0 Å². The number of ketones is 2. The Bertz CT molecular complexity index is 1040. The van der Waals surface area contributed by atoms with Crippen molar-refractivity contribution in [1.29, 1.82) is 0 Å². The number of epoxide rings is 2. The molecule has 6 rings (SSSR count). The van der Waals surface area contributed by atoms with Crippen LogP contribution in [-0.2, 0) is 23.8 Å². The van der Waals surface area contributed by atoms with Gasteiger partial charge in [0.25, 0.3) is 0 Å². The van der Waals surface area contributed by atoms with Crippen LogP contribution >= 0.6 is 0 Å². The lowest BCUT2D eigenvalue weighted by molar-refractivity contribution is -0.111. The molecule has 2 aliphatic carbocycles. The molecule has 5 aliphatic rings. The standard InChI is InChI=1S/C20H14O5/c21-12-2-1-9-5-13-11(3-10(9)4-12)6-14-18(22)17(13)20-16(25-20)8-23-7-15-19(14)24-15/h1-6,15-16,19-20H,7-8H2. The predicted molar refractivity (Wildman–Crippen MR) is 88.7 cm³/mol. The molecule has 0 amide bonds. The molecular formula is C20H14O5. The van der Waals surface area contributed by atoms with Gasteiger partial charge in [0.05, 0.1) is 13.2 Å². The zero-order chi connectivity index (χ0) is 16.7. The Hall–Kier alpha value is -2.34. The molecule has 1 aromatic carbocycles. The molecule has 3 aliphatic heterocycles. The fourth-order valence-corrected chi connectivity index (χ4v) is 4.02. The number of ether oxygens (including phenoxy) is 3. The van der Waals surface area contributed by atoms with Gasteiger partial charge in [-0.1, -0.05) is 6.08 Å². The number of hydrogen-bond donors (Lipinski definition) is 0. The Morgan fingerprint density at radius 1 is 0.880 bits per heavy atom. The van der Waals surface area contributed by atoms with Crippen LogP contribution in [0.4, 0.5) is 0 Å². The van der Waals surface area contributed by atoms with Crippen molar-refractivity contribution in [2.24, 2.45) is 0 Å². The molecule has 0 radical (unpaired) electrons. The van der Waals surface area contributed by atoms with E-state index in [0.717, 1.165) is 21.6 Å². The third kappa shape index (κ3) is 2.00. The highest BCUT2D eigenvalue weighted by molar-refractivity contribution is 6.29. The molecule has 0 N–H and O–H groups in total. The van der Waals surface area contributed by atoms with E-state index in [4.69, 9.17) is 14.2 Å². The molecule has 4 atom stereocenters. The first-order valence-corrected chi connectivity index (χ1v) is 8.46. The highest BCUT2D eigenvalue weighted by Gasteiger charge is 2.52. The maximum Gasteiger partial charge on any atom is 0.191 e. The summed E-state index contributed by atoms with van der Waals surface area (Å²) in [7, 11) is 0. The van der Waals surface area contributed by atoms with E-state index in [-0.39, 0.29) is 36.0 Å². The molecule has 4 unspecified atom stereocenters. The fraction of sp³-hybridized carbons (Fsp3) is 0.300. The molecule has 5 nitrogen and oxygen atoms in total. The number of carbonyl (C=O) groups is 2. The Morgan fingerprint density at radius 2 is 1.68 bits per heavy atom. The van der Waals surface area contributed by atoms with Gasteiger partial charge in [-0.2, -0.15) is 0 Å². The van der Waals surface area contributed by atoms with E-state index < -0.39 is 0 Å². The molecule has 5 heteroatoms. The van der Waals surface area contributed by atoms with Crippen LogP contribution in [0.1, 0.15) is 11.1 Å². The third-order valence-electron chi connectivity index (χ3n) is 5.41. The maximum absolute atomic E-state index is 13.1. The first kappa shape index (κ1) is 13.9.